The van der Waals surface area contributed by atoms with Gasteiger partial charge in [0.25, 0.3) is 0 Å². The number of rotatable bonds is 6. The van der Waals surface area contributed by atoms with Gasteiger partial charge in [-0.15, -0.1) is 0 Å². The predicted molar refractivity (Wildman–Crippen MR) is 220 cm³/mol. The van der Waals surface area contributed by atoms with Crippen LogP contribution in [0.2, 0.25) is 0 Å². The number of halogens is 2. The van der Waals surface area contributed by atoms with Crippen molar-refractivity contribution < 1.29 is 48.0 Å². The van der Waals surface area contributed by atoms with Crippen LogP contribution in [0.25, 0.3) is 45.6 Å². The van der Waals surface area contributed by atoms with Gasteiger partial charge in [-0.3, -0.25) is 0 Å². The summed E-state index contributed by atoms with van der Waals surface area (Å²) in [5.41, 5.74) is 21.0. The van der Waals surface area contributed by atoms with Crippen LogP contribution < -0.4 is 24.8 Å². The van der Waals surface area contributed by atoms with Crippen LogP contribution in [0.4, 0.5) is 0 Å². The molecule has 0 saturated heterocycles. The molecule has 8 rings (SSSR count). The molecule has 0 saturated carbocycles. The van der Waals surface area contributed by atoms with E-state index in [-0.39, 0.29) is 35.6 Å². The van der Waals surface area contributed by atoms with Crippen LogP contribution in [0.1, 0.15) is 105 Å². The number of aryl methyl sites for hydroxylation is 2. The molecule has 0 spiro atoms. The number of aromatic nitrogens is 2. The van der Waals surface area contributed by atoms with E-state index in [9.17, 15) is 0 Å². The number of nitrogens with zero attached hydrogens (tertiary/aromatic N) is 2. The molecule has 0 bridgehead atoms. The Morgan fingerprint density at radius 1 is 0.473 bits per heavy atom. The molecule has 2 aliphatic carbocycles. The molecule has 2 nitrogen and oxygen atoms in total. The van der Waals surface area contributed by atoms with Gasteiger partial charge in [0, 0.05) is 0 Å². The SMILES string of the molecule is Cc1ccc(C2=Cc3c(-c4ccc(C(C)(C)C)cc4)cccc3[CH]2[Zr+2][CH]2C(c3ccc(C)cn3)=Cc3c(-c4ccc(C(C)(C)C)cc4)cccc32)nc1.[Cl-].[Cl-]. The van der Waals surface area contributed by atoms with Gasteiger partial charge in [0.15, 0.2) is 0 Å². The van der Waals surface area contributed by atoms with E-state index < -0.39 is 23.2 Å². The Kier molecular flexibility index (Phi) is 11.8. The standard InChI is InChI=1S/2C25H24N.2ClH.Zr/c2*1-17-8-13-24(26-16-17)20-14-19-6-5-7-22(23(19)15-20)18-9-11-21(12-10-18)25(2,3)4;;;/h2*5-16H,1-4H3;2*1H;/q;;;;+2/p-2. The first-order valence-corrected chi connectivity index (χ1v) is 21.7. The molecule has 2 aliphatic rings. The Labute approximate surface area is 352 Å². The Hall–Kier alpha value is -3.88. The zero-order chi connectivity index (χ0) is 37.1. The van der Waals surface area contributed by atoms with Crippen LogP contribution in [-0.4, -0.2) is 9.97 Å². The van der Waals surface area contributed by atoms with Gasteiger partial charge in [-0.2, -0.15) is 0 Å². The molecular formula is C50H48Cl2N2Zr. The van der Waals surface area contributed by atoms with E-state index in [2.05, 4.69) is 177 Å². The minimum atomic E-state index is -1.32. The number of hydrogen-bond acceptors (Lipinski definition) is 2. The summed E-state index contributed by atoms with van der Waals surface area (Å²) in [5, 5.41) is 0. The summed E-state index contributed by atoms with van der Waals surface area (Å²) in [5.74, 6) is 0. The van der Waals surface area contributed by atoms with Crippen LogP contribution in [0.3, 0.4) is 0 Å². The first kappa shape index (κ1) is 40.8. The molecule has 0 N–H and O–H groups in total. The van der Waals surface area contributed by atoms with Crippen molar-refractivity contribution in [2.24, 2.45) is 0 Å². The number of hydrogen-bond donors (Lipinski definition) is 0. The Balaban J connectivity index is 0.00000257. The van der Waals surface area contributed by atoms with Gasteiger partial charge < -0.3 is 24.8 Å². The van der Waals surface area contributed by atoms with Gasteiger partial charge in [-0.1, -0.05) is 0 Å². The molecule has 6 aromatic rings. The normalized spacial score (nSPS) is 15.9. The third kappa shape index (κ3) is 8.04. The van der Waals surface area contributed by atoms with Crippen molar-refractivity contribution in [1.29, 1.82) is 0 Å². The summed E-state index contributed by atoms with van der Waals surface area (Å²) < 4.78 is 0.661. The molecule has 55 heavy (non-hydrogen) atoms. The minimum Gasteiger partial charge on any atom is -1.00 e. The number of benzene rings is 4. The van der Waals surface area contributed by atoms with Crippen molar-refractivity contribution in [1.82, 2.24) is 9.97 Å². The summed E-state index contributed by atoms with van der Waals surface area (Å²) in [7, 11) is 0. The maximum absolute atomic E-state index is 5.05. The maximum atomic E-state index is 5.05. The molecule has 0 amide bonds. The minimum absolute atomic E-state index is 0. The van der Waals surface area contributed by atoms with E-state index in [1.165, 1.54) is 77.9 Å². The van der Waals surface area contributed by atoms with Gasteiger partial charge >= 0.3 is 330 Å². The van der Waals surface area contributed by atoms with E-state index in [0.29, 0.717) is 7.25 Å². The quantitative estimate of drug-likeness (QED) is 0.181. The van der Waals surface area contributed by atoms with Crippen LogP contribution >= 0.6 is 0 Å². The molecule has 2 heterocycles. The second kappa shape index (κ2) is 15.9. The topological polar surface area (TPSA) is 25.8 Å². The molecule has 2 aromatic heterocycles. The van der Waals surface area contributed by atoms with Gasteiger partial charge in [0.2, 0.25) is 0 Å². The second-order valence-corrected chi connectivity index (χ2v) is 20.6. The van der Waals surface area contributed by atoms with E-state index in [1.54, 1.807) is 0 Å². The monoisotopic (exact) mass is 836 g/mol. The number of fused-ring (bicyclic) bond motifs is 2. The van der Waals surface area contributed by atoms with E-state index in [1.807, 2.05) is 12.4 Å². The van der Waals surface area contributed by atoms with Crippen LogP contribution in [0.15, 0.2) is 122 Å². The Bertz CT molecular complexity index is 2210. The van der Waals surface area contributed by atoms with E-state index in [4.69, 9.17) is 9.97 Å². The van der Waals surface area contributed by atoms with Crippen molar-refractivity contribution in [3.8, 4) is 22.3 Å². The fourth-order valence-electron chi connectivity index (χ4n) is 7.85. The van der Waals surface area contributed by atoms with Gasteiger partial charge in [0.1, 0.15) is 0 Å². The molecule has 276 valence electrons. The molecule has 4 aromatic carbocycles. The molecule has 0 aliphatic heterocycles. The van der Waals surface area contributed by atoms with Crippen molar-refractivity contribution in [3.05, 3.63) is 177 Å². The largest absolute Gasteiger partial charge is 1.00 e. The van der Waals surface area contributed by atoms with E-state index in [0.717, 1.165) is 11.4 Å². The van der Waals surface area contributed by atoms with Crippen LogP contribution in [-0.2, 0) is 34.1 Å². The maximum Gasteiger partial charge on any atom is -1.00 e. The summed E-state index contributed by atoms with van der Waals surface area (Å²) >= 11 is -1.32. The predicted octanol–water partition coefficient (Wildman–Crippen LogP) is 7.00. The third-order valence-corrected chi connectivity index (χ3v) is 15.7. The fraction of sp³-hybridized carbons (Fsp3) is 0.240. The third-order valence-electron chi connectivity index (χ3n) is 11.0. The molecule has 0 fully saturated rings. The molecule has 2 atom stereocenters. The summed E-state index contributed by atoms with van der Waals surface area (Å²) in [6.45, 7) is 17.9. The smallest absolute Gasteiger partial charge is 1.00 e. The Morgan fingerprint density at radius 3 is 1.18 bits per heavy atom. The van der Waals surface area contributed by atoms with E-state index >= 15 is 0 Å². The molecule has 5 heteroatoms. The molecule has 0 radical (unpaired) electrons. The zero-order valence-corrected chi connectivity index (χ0v) is 37.0. The number of pyridine rings is 2. The number of allylic oxidation sites excluding steroid dienone is 2. The van der Waals surface area contributed by atoms with Crippen molar-refractivity contribution in [3.63, 3.8) is 0 Å². The van der Waals surface area contributed by atoms with Crippen molar-refractivity contribution in [2.75, 3.05) is 0 Å². The van der Waals surface area contributed by atoms with Crippen molar-refractivity contribution >= 4 is 23.3 Å². The molecular weight excluding hydrogens is 791 g/mol. The average molecular weight is 839 g/mol. The second-order valence-electron chi connectivity index (χ2n) is 16.9. The molecule has 2 unspecified atom stereocenters. The van der Waals surface area contributed by atoms with Gasteiger partial charge in [-0.05, 0) is 0 Å². The van der Waals surface area contributed by atoms with Crippen LogP contribution in [0.5, 0.6) is 0 Å². The van der Waals surface area contributed by atoms with Crippen LogP contribution in [0, 0.1) is 13.8 Å². The zero-order valence-electron chi connectivity index (χ0n) is 33.0. The van der Waals surface area contributed by atoms with Crippen molar-refractivity contribution in [2.45, 2.75) is 73.5 Å². The first-order chi connectivity index (χ1) is 25.3. The summed E-state index contributed by atoms with van der Waals surface area (Å²) in [6, 6.07) is 41.3. The fourth-order valence-corrected chi connectivity index (χ4v) is 12.8. The first-order valence-electron chi connectivity index (χ1n) is 18.9. The summed E-state index contributed by atoms with van der Waals surface area (Å²) in [4.78, 5) is 10.1. The van der Waals surface area contributed by atoms with Gasteiger partial charge in [0.05, 0.1) is 0 Å². The average Bonchev–Trinajstić information content (AvgIpc) is 3.70. The summed E-state index contributed by atoms with van der Waals surface area (Å²) in [6.07, 6.45) is 9.00. The Morgan fingerprint density at radius 2 is 0.855 bits per heavy atom. The van der Waals surface area contributed by atoms with Gasteiger partial charge in [-0.25, -0.2) is 0 Å².